The zero-order valence-corrected chi connectivity index (χ0v) is 18.5. The van der Waals surface area contributed by atoms with Crippen molar-refractivity contribution in [2.45, 2.75) is 50.0 Å². The van der Waals surface area contributed by atoms with Crippen molar-refractivity contribution in [3.8, 4) is 0 Å². The number of hydrogen-bond acceptors (Lipinski definition) is 5. The highest BCUT2D eigenvalue weighted by Gasteiger charge is 2.50. The minimum atomic E-state index is -0.0731. The van der Waals surface area contributed by atoms with Gasteiger partial charge in [0, 0.05) is 31.6 Å². The number of amides is 1. The van der Waals surface area contributed by atoms with Crippen molar-refractivity contribution in [3.63, 3.8) is 0 Å². The van der Waals surface area contributed by atoms with Gasteiger partial charge in [-0.3, -0.25) is 4.79 Å². The molecule has 0 radical (unpaired) electrons. The second-order valence-electron chi connectivity index (χ2n) is 9.28. The Balaban J connectivity index is 1.30. The maximum Gasteiger partial charge on any atom is 0.252 e. The molecule has 1 aromatic heterocycles. The number of carbonyl (C=O) groups excluding carboxylic acids is 1. The third-order valence-electron chi connectivity index (χ3n) is 6.90. The minimum absolute atomic E-state index is 0.0731. The van der Waals surface area contributed by atoms with Crippen molar-refractivity contribution < 1.29 is 9.90 Å². The van der Waals surface area contributed by atoms with Crippen molar-refractivity contribution in [2.75, 3.05) is 32.0 Å². The van der Waals surface area contributed by atoms with Crippen molar-refractivity contribution in [1.29, 1.82) is 0 Å². The van der Waals surface area contributed by atoms with E-state index in [0.29, 0.717) is 16.0 Å². The van der Waals surface area contributed by atoms with Gasteiger partial charge in [0.15, 0.2) is 0 Å². The van der Waals surface area contributed by atoms with Crippen molar-refractivity contribution in [1.82, 2.24) is 15.6 Å². The monoisotopic (exact) mass is 437 g/mol. The third kappa shape index (κ3) is 5.27. The van der Waals surface area contributed by atoms with Crippen LogP contribution in [0.3, 0.4) is 0 Å². The molecule has 0 aliphatic heterocycles. The topological polar surface area (TPSA) is 74.2 Å². The molecule has 0 unspecified atom stereocenters. The molecule has 1 aromatic rings. The van der Waals surface area contributed by atoms with E-state index >= 15 is 0 Å². The van der Waals surface area contributed by atoms with E-state index in [-0.39, 0.29) is 12.5 Å². The fourth-order valence-corrected chi connectivity index (χ4v) is 7.07. The lowest BCUT2D eigenvalue weighted by atomic mass is 9.49. The zero-order chi connectivity index (χ0) is 20.3. The summed E-state index contributed by atoms with van der Waals surface area (Å²) in [5, 5.41) is 16.5. The van der Waals surface area contributed by atoms with Gasteiger partial charge in [-0.05, 0) is 80.7 Å². The maximum atomic E-state index is 12.9. The van der Waals surface area contributed by atoms with Gasteiger partial charge in [0.05, 0.1) is 15.6 Å². The summed E-state index contributed by atoms with van der Waals surface area (Å²) < 4.78 is 0. The molecular weight excluding hydrogens is 406 g/mol. The minimum Gasteiger partial charge on any atom is -0.396 e. The molecule has 29 heavy (non-hydrogen) atoms. The predicted octanol–water partition coefficient (Wildman–Crippen LogP) is 3.75. The number of carbonyl (C=O) groups is 1. The molecule has 3 N–H and O–H groups in total. The molecule has 1 amide bonds. The predicted molar refractivity (Wildman–Crippen MR) is 117 cm³/mol. The lowest BCUT2D eigenvalue weighted by Crippen LogP contribution is -2.51. The van der Waals surface area contributed by atoms with E-state index in [1.807, 2.05) is 6.07 Å². The van der Waals surface area contributed by atoms with E-state index in [9.17, 15) is 4.79 Å². The smallest absolute Gasteiger partial charge is 0.252 e. The Morgan fingerprint density at radius 1 is 1.21 bits per heavy atom. The molecule has 4 aliphatic carbocycles. The summed E-state index contributed by atoms with van der Waals surface area (Å²) in [6.07, 6.45) is 10.5. The maximum absolute atomic E-state index is 12.9. The van der Waals surface area contributed by atoms with Gasteiger partial charge in [-0.25, -0.2) is 4.98 Å². The number of halogens is 1. The molecule has 4 bridgehead atoms. The van der Waals surface area contributed by atoms with E-state index in [2.05, 4.69) is 15.6 Å². The van der Waals surface area contributed by atoms with Gasteiger partial charge in [0.25, 0.3) is 5.91 Å². The molecule has 5 rings (SSSR count). The summed E-state index contributed by atoms with van der Waals surface area (Å²) in [5.74, 6) is 3.44. The van der Waals surface area contributed by atoms with Gasteiger partial charge < -0.3 is 15.7 Å². The lowest BCUT2D eigenvalue weighted by Gasteiger charge is -2.56. The van der Waals surface area contributed by atoms with Crippen LogP contribution in [0.25, 0.3) is 0 Å². The second-order valence-corrected chi connectivity index (χ2v) is 10.8. The highest BCUT2D eigenvalue weighted by atomic mass is 35.5. The van der Waals surface area contributed by atoms with E-state index in [1.165, 1.54) is 38.5 Å². The number of thioether (sulfide) groups is 1. The molecule has 0 saturated heterocycles. The molecule has 0 atom stereocenters. The molecule has 0 spiro atoms. The standard InChI is InChI=1S/C22H32ClN3O2S/c23-19-13-25-20(29-5-3-24-2-1-4-27)9-18(19)21(28)26-14-22-10-15-6-16(11-22)8-17(7-15)12-22/h9,13,15-17,24,27H,1-8,10-12,14H2,(H,26,28). The zero-order valence-electron chi connectivity index (χ0n) is 17.0. The molecule has 7 heteroatoms. The Hall–Kier alpha value is -0.820. The molecule has 5 nitrogen and oxygen atoms in total. The van der Waals surface area contributed by atoms with E-state index < -0.39 is 0 Å². The van der Waals surface area contributed by atoms with Crippen LogP contribution >= 0.6 is 23.4 Å². The molecule has 1 heterocycles. The van der Waals surface area contributed by atoms with E-state index in [1.54, 1.807) is 18.0 Å². The third-order valence-corrected chi connectivity index (χ3v) is 8.13. The number of aromatic nitrogens is 1. The first-order chi connectivity index (χ1) is 14.1. The Morgan fingerprint density at radius 3 is 2.55 bits per heavy atom. The van der Waals surface area contributed by atoms with Gasteiger partial charge in [-0.1, -0.05) is 11.6 Å². The normalized spacial score (nSPS) is 29.9. The largest absolute Gasteiger partial charge is 0.396 e. The fourth-order valence-electron chi connectivity index (χ4n) is 6.10. The number of nitrogens with one attached hydrogen (secondary N) is 2. The van der Waals surface area contributed by atoms with Gasteiger partial charge in [-0.2, -0.15) is 0 Å². The molecule has 0 aromatic carbocycles. The Labute approximate surface area is 182 Å². The van der Waals surface area contributed by atoms with Crippen molar-refractivity contribution in [3.05, 3.63) is 22.8 Å². The molecule has 160 valence electrons. The summed E-state index contributed by atoms with van der Waals surface area (Å²) in [6, 6.07) is 1.82. The van der Waals surface area contributed by atoms with Gasteiger partial charge in [-0.15, -0.1) is 11.8 Å². The summed E-state index contributed by atoms with van der Waals surface area (Å²) in [7, 11) is 0. The van der Waals surface area contributed by atoms with Crippen LogP contribution in [0.4, 0.5) is 0 Å². The van der Waals surface area contributed by atoms with Crippen LogP contribution in [0.1, 0.15) is 55.3 Å². The SMILES string of the molecule is O=C(NCC12CC3CC(CC(C3)C1)C2)c1cc(SCCNCCCO)ncc1Cl. The van der Waals surface area contributed by atoms with E-state index in [4.69, 9.17) is 16.7 Å². The van der Waals surface area contributed by atoms with Gasteiger partial charge in [0.1, 0.15) is 0 Å². The molecule has 4 aliphatic rings. The highest BCUT2D eigenvalue weighted by molar-refractivity contribution is 7.99. The average Bonchev–Trinajstić information content (AvgIpc) is 2.69. The quantitative estimate of drug-likeness (QED) is 0.384. The summed E-state index contributed by atoms with van der Waals surface area (Å²) in [5.41, 5.74) is 0.851. The van der Waals surface area contributed by atoms with Crippen molar-refractivity contribution in [2.24, 2.45) is 23.2 Å². The highest BCUT2D eigenvalue weighted by Crippen LogP contribution is 2.59. The second kappa shape index (κ2) is 9.54. The first kappa shape index (κ1) is 21.4. The summed E-state index contributed by atoms with van der Waals surface area (Å²) >= 11 is 7.91. The Morgan fingerprint density at radius 2 is 1.90 bits per heavy atom. The van der Waals surface area contributed by atoms with Crippen LogP contribution in [-0.2, 0) is 0 Å². The Kier molecular flexibility index (Phi) is 7.05. The van der Waals surface area contributed by atoms with Crippen LogP contribution in [0.15, 0.2) is 17.3 Å². The number of aliphatic hydroxyl groups excluding tert-OH is 1. The number of aliphatic hydroxyl groups is 1. The summed E-state index contributed by atoms with van der Waals surface area (Å²) in [4.78, 5) is 17.2. The van der Waals surface area contributed by atoms with Gasteiger partial charge >= 0.3 is 0 Å². The molecule has 4 fully saturated rings. The van der Waals surface area contributed by atoms with Crippen LogP contribution in [0.5, 0.6) is 0 Å². The van der Waals surface area contributed by atoms with Crippen LogP contribution < -0.4 is 10.6 Å². The van der Waals surface area contributed by atoms with Crippen LogP contribution in [-0.4, -0.2) is 48.0 Å². The van der Waals surface area contributed by atoms with Crippen LogP contribution in [0.2, 0.25) is 5.02 Å². The first-order valence-electron chi connectivity index (χ1n) is 10.9. The number of pyridine rings is 1. The van der Waals surface area contributed by atoms with E-state index in [0.717, 1.165) is 54.6 Å². The number of nitrogens with zero attached hydrogens (tertiary/aromatic N) is 1. The fraction of sp³-hybridized carbons (Fsp3) is 0.727. The average molecular weight is 438 g/mol. The first-order valence-corrected chi connectivity index (χ1v) is 12.3. The Bertz CT molecular complexity index is 695. The lowest BCUT2D eigenvalue weighted by molar-refractivity contribution is -0.0503. The molecule has 4 saturated carbocycles. The van der Waals surface area contributed by atoms with Crippen LogP contribution in [0, 0.1) is 23.2 Å². The van der Waals surface area contributed by atoms with Gasteiger partial charge in [0.2, 0.25) is 0 Å². The van der Waals surface area contributed by atoms with Crippen molar-refractivity contribution >= 4 is 29.3 Å². The number of rotatable bonds is 10. The molecular formula is C22H32ClN3O2S. The summed E-state index contributed by atoms with van der Waals surface area (Å²) in [6.45, 7) is 2.64. The number of hydrogen-bond donors (Lipinski definition) is 3.